The summed E-state index contributed by atoms with van der Waals surface area (Å²) in [7, 11) is 0. The van der Waals surface area contributed by atoms with Crippen molar-refractivity contribution in [2.45, 2.75) is 19.3 Å². The Morgan fingerprint density at radius 3 is 1.77 bits per heavy atom. The minimum atomic E-state index is -1.21. The van der Waals surface area contributed by atoms with Crippen LogP contribution in [0.3, 0.4) is 0 Å². The Kier molecular flexibility index (Phi) is 2.65. The first kappa shape index (κ1) is 9.70. The van der Waals surface area contributed by atoms with Crippen molar-refractivity contribution >= 4 is 17.7 Å². The molecule has 0 spiro atoms. The lowest BCUT2D eigenvalue weighted by Gasteiger charge is -2.21. The van der Waals surface area contributed by atoms with Crippen LogP contribution in [0.2, 0.25) is 0 Å². The Hall–Kier alpha value is -1.39. The normalized spacial score (nSPS) is 28.5. The van der Waals surface area contributed by atoms with Crippen molar-refractivity contribution in [3.63, 3.8) is 0 Å². The van der Waals surface area contributed by atoms with Crippen molar-refractivity contribution < 1.29 is 24.6 Å². The fourth-order valence-electron chi connectivity index (χ4n) is 1.54. The summed E-state index contributed by atoms with van der Waals surface area (Å²) >= 11 is 0. The average Bonchev–Trinajstić information content (AvgIpc) is 2.03. The second kappa shape index (κ2) is 3.55. The molecule has 1 rings (SSSR count). The molecule has 0 aromatic heterocycles. The zero-order valence-electron chi connectivity index (χ0n) is 6.90. The van der Waals surface area contributed by atoms with Crippen molar-refractivity contribution in [1.82, 2.24) is 0 Å². The maximum Gasteiger partial charge on any atom is 0.314 e. The highest BCUT2D eigenvalue weighted by Gasteiger charge is 2.39. The predicted molar refractivity (Wildman–Crippen MR) is 41.1 cm³/mol. The Balaban J connectivity index is 2.77. The Labute approximate surface area is 74.4 Å². The molecule has 0 bridgehead atoms. The molecule has 0 aromatic rings. The molecule has 0 heterocycles. The smallest absolute Gasteiger partial charge is 0.314 e. The minimum Gasteiger partial charge on any atom is -0.481 e. The zero-order chi connectivity index (χ0) is 10.0. The number of aliphatic carboxylic acids is 2. The van der Waals surface area contributed by atoms with Crippen LogP contribution in [-0.2, 0) is 14.4 Å². The Morgan fingerprint density at radius 2 is 1.46 bits per heavy atom. The molecule has 0 radical (unpaired) electrons. The van der Waals surface area contributed by atoms with E-state index in [-0.39, 0.29) is 12.8 Å². The predicted octanol–water partition coefficient (Wildman–Crippen LogP) is 0.141. The third-order valence-corrected chi connectivity index (χ3v) is 2.27. The fourth-order valence-corrected chi connectivity index (χ4v) is 1.54. The van der Waals surface area contributed by atoms with Gasteiger partial charge in [0.2, 0.25) is 0 Å². The van der Waals surface area contributed by atoms with Gasteiger partial charge in [0.05, 0.1) is 0 Å². The van der Waals surface area contributed by atoms with Crippen LogP contribution in [0.1, 0.15) is 19.3 Å². The van der Waals surface area contributed by atoms with Crippen LogP contribution in [0.25, 0.3) is 0 Å². The summed E-state index contributed by atoms with van der Waals surface area (Å²) in [5, 5.41) is 17.2. The molecule has 0 aromatic carbocycles. The SMILES string of the molecule is O=C(O)[C@H]1CCC[C@@H](C(=O)O)C1=O. The van der Waals surface area contributed by atoms with E-state index < -0.39 is 29.6 Å². The summed E-state index contributed by atoms with van der Waals surface area (Å²) in [5.41, 5.74) is 0. The van der Waals surface area contributed by atoms with Crippen molar-refractivity contribution in [2.24, 2.45) is 11.8 Å². The van der Waals surface area contributed by atoms with Crippen LogP contribution in [0, 0.1) is 11.8 Å². The molecule has 13 heavy (non-hydrogen) atoms. The molecule has 2 atom stereocenters. The molecule has 0 saturated heterocycles. The summed E-state index contributed by atoms with van der Waals surface area (Å²) in [6.07, 6.45) is 1.01. The second-order valence-corrected chi connectivity index (χ2v) is 3.11. The molecule has 72 valence electrons. The molecule has 0 amide bonds. The maximum absolute atomic E-state index is 11.2. The van der Waals surface area contributed by atoms with Crippen molar-refractivity contribution in [3.05, 3.63) is 0 Å². The first-order valence-electron chi connectivity index (χ1n) is 4.03. The molecule has 5 heteroatoms. The highest BCUT2D eigenvalue weighted by molar-refractivity contribution is 6.07. The molecule has 1 saturated carbocycles. The van der Waals surface area contributed by atoms with Crippen LogP contribution >= 0.6 is 0 Å². The van der Waals surface area contributed by atoms with Crippen molar-refractivity contribution in [3.8, 4) is 0 Å². The van der Waals surface area contributed by atoms with Gasteiger partial charge in [0.15, 0.2) is 5.78 Å². The number of carbonyl (C=O) groups excluding carboxylic acids is 1. The first-order valence-corrected chi connectivity index (χ1v) is 4.03. The third kappa shape index (κ3) is 1.85. The molecular weight excluding hydrogens is 176 g/mol. The molecular formula is C8H10O5. The van der Waals surface area contributed by atoms with Gasteiger partial charge in [0.1, 0.15) is 11.8 Å². The van der Waals surface area contributed by atoms with E-state index in [2.05, 4.69) is 0 Å². The lowest BCUT2D eigenvalue weighted by Crippen LogP contribution is -2.37. The van der Waals surface area contributed by atoms with Gasteiger partial charge in [-0.2, -0.15) is 0 Å². The largest absolute Gasteiger partial charge is 0.481 e. The standard InChI is InChI=1S/C8H10O5/c9-6-4(7(10)11)2-1-3-5(6)8(12)13/h4-5H,1-3H2,(H,10,11)(H,12,13)/t4-,5+. The van der Waals surface area contributed by atoms with E-state index in [1.165, 1.54) is 0 Å². The minimum absolute atomic E-state index is 0.262. The monoisotopic (exact) mass is 186 g/mol. The van der Waals surface area contributed by atoms with E-state index in [9.17, 15) is 14.4 Å². The van der Waals surface area contributed by atoms with Gasteiger partial charge in [-0.3, -0.25) is 14.4 Å². The lowest BCUT2D eigenvalue weighted by molar-refractivity contribution is -0.154. The van der Waals surface area contributed by atoms with Crippen LogP contribution in [0.5, 0.6) is 0 Å². The topological polar surface area (TPSA) is 91.7 Å². The number of rotatable bonds is 2. The molecule has 2 N–H and O–H groups in total. The van der Waals surface area contributed by atoms with Gasteiger partial charge in [-0.1, -0.05) is 6.42 Å². The first-order chi connectivity index (χ1) is 6.04. The molecule has 1 aliphatic carbocycles. The molecule has 1 fully saturated rings. The molecule has 5 nitrogen and oxygen atoms in total. The Bertz CT molecular complexity index is 233. The van der Waals surface area contributed by atoms with Gasteiger partial charge < -0.3 is 10.2 Å². The quantitative estimate of drug-likeness (QED) is 0.598. The summed E-state index contributed by atoms with van der Waals surface area (Å²) in [6, 6.07) is 0. The van der Waals surface area contributed by atoms with Crippen LogP contribution < -0.4 is 0 Å². The van der Waals surface area contributed by atoms with Crippen LogP contribution in [0.4, 0.5) is 0 Å². The summed E-state index contributed by atoms with van der Waals surface area (Å²) in [5.74, 6) is -5.32. The van der Waals surface area contributed by atoms with Gasteiger partial charge >= 0.3 is 11.9 Å². The van der Waals surface area contributed by atoms with E-state index in [4.69, 9.17) is 10.2 Å². The molecule has 0 unspecified atom stereocenters. The third-order valence-electron chi connectivity index (χ3n) is 2.27. The fraction of sp³-hybridized carbons (Fsp3) is 0.625. The van der Waals surface area contributed by atoms with E-state index >= 15 is 0 Å². The van der Waals surface area contributed by atoms with Gasteiger partial charge in [-0.15, -0.1) is 0 Å². The highest BCUT2D eigenvalue weighted by atomic mass is 16.4. The highest BCUT2D eigenvalue weighted by Crippen LogP contribution is 2.26. The lowest BCUT2D eigenvalue weighted by atomic mass is 9.80. The number of hydrogen-bond donors (Lipinski definition) is 2. The van der Waals surface area contributed by atoms with E-state index in [1.54, 1.807) is 0 Å². The molecule has 0 aliphatic heterocycles. The van der Waals surface area contributed by atoms with E-state index in [0.29, 0.717) is 6.42 Å². The van der Waals surface area contributed by atoms with Crippen molar-refractivity contribution in [1.29, 1.82) is 0 Å². The number of carboxylic acids is 2. The second-order valence-electron chi connectivity index (χ2n) is 3.11. The zero-order valence-corrected chi connectivity index (χ0v) is 6.90. The summed E-state index contributed by atoms with van der Waals surface area (Å²) < 4.78 is 0. The van der Waals surface area contributed by atoms with Crippen molar-refractivity contribution in [2.75, 3.05) is 0 Å². The van der Waals surface area contributed by atoms with Gasteiger partial charge in [-0.05, 0) is 12.8 Å². The number of ketones is 1. The van der Waals surface area contributed by atoms with Crippen LogP contribution in [0.15, 0.2) is 0 Å². The maximum atomic E-state index is 11.2. The number of carbonyl (C=O) groups is 3. The van der Waals surface area contributed by atoms with Gasteiger partial charge in [0, 0.05) is 0 Å². The number of carboxylic acid groups (broad SMARTS) is 2. The average molecular weight is 186 g/mol. The summed E-state index contributed by atoms with van der Waals surface area (Å²) in [6.45, 7) is 0. The Morgan fingerprint density at radius 1 is 1.08 bits per heavy atom. The number of Topliss-reactive ketones (excluding diaryl/α,β-unsaturated/α-hetero) is 1. The van der Waals surface area contributed by atoms with E-state index in [1.807, 2.05) is 0 Å². The molecule has 1 aliphatic rings. The van der Waals surface area contributed by atoms with Gasteiger partial charge in [-0.25, -0.2) is 0 Å². The van der Waals surface area contributed by atoms with Gasteiger partial charge in [0.25, 0.3) is 0 Å². The van der Waals surface area contributed by atoms with E-state index in [0.717, 1.165) is 0 Å². The summed E-state index contributed by atoms with van der Waals surface area (Å²) in [4.78, 5) is 32.3. The number of hydrogen-bond acceptors (Lipinski definition) is 3. The van der Waals surface area contributed by atoms with Crippen LogP contribution in [-0.4, -0.2) is 27.9 Å².